The van der Waals surface area contributed by atoms with Crippen molar-refractivity contribution >= 4 is 39.3 Å². The van der Waals surface area contributed by atoms with Crippen LogP contribution in [0.4, 0.5) is 5.13 Å². The molecular weight excluding hydrogens is 428 g/mol. The Morgan fingerprint density at radius 3 is 2.72 bits per heavy atom. The zero-order valence-corrected chi connectivity index (χ0v) is 18.7. The summed E-state index contributed by atoms with van der Waals surface area (Å²) in [5.74, 6) is -0.424. The molecule has 1 N–H and O–H groups in total. The van der Waals surface area contributed by atoms with Gasteiger partial charge in [-0.15, -0.1) is 11.3 Å². The Morgan fingerprint density at radius 2 is 1.97 bits per heavy atom. The van der Waals surface area contributed by atoms with Crippen LogP contribution in [-0.2, 0) is 9.53 Å². The lowest BCUT2D eigenvalue weighted by Gasteiger charge is -2.11. The van der Waals surface area contributed by atoms with Crippen LogP contribution in [-0.4, -0.2) is 29.6 Å². The first-order valence-corrected chi connectivity index (χ1v) is 11.0. The van der Waals surface area contributed by atoms with Crippen molar-refractivity contribution in [2.24, 2.45) is 0 Å². The zero-order chi connectivity index (χ0) is 22.7. The molecule has 1 amide bonds. The highest BCUT2D eigenvalue weighted by Gasteiger charge is 2.25. The van der Waals surface area contributed by atoms with Gasteiger partial charge in [-0.25, -0.2) is 9.78 Å². The van der Waals surface area contributed by atoms with E-state index in [9.17, 15) is 9.59 Å². The van der Waals surface area contributed by atoms with Crippen molar-refractivity contribution in [2.75, 3.05) is 11.9 Å². The van der Waals surface area contributed by atoms with Crippen LogP contribution in [0.15, 0.2) is 58.3 Å². The van der Waals surface area contributed by atoms with E-state index in [1.165, 1.54) is 18.3 Å². The lowest BCUT2D eigenvalue weighted by atomic mass is 10.1. The fourth-order valence-electron chi connectivity index (χ4n) is 3.20. The number of rotatable bonds is 7. The third-order valence-electron chi connectivity index (χ3n) is 4.86. The van der Waals surface area contributed by atoms with Gasteiger partial charge in [0.15, 0.2) is 11.2 Å². The van der Waals surface area contributed by atoms with Gasteiger partial charge in [0.25, 0.3) is 5.91 Å². The van der Waals surface area contributed by atoms with Gasteiger partial charge in [0.1, 0.15) is 11.3 Å². The molecule has 0 spiro atoms. The van der Waals surface area contributed by atoms with Crippen LogP contribution in [0.1, 0.15) is 30.0 Å². The quantitative estimate of drug-likeness (QED) is 0.377. The number of benzene rings is 2. The molecule has 0 aliphatic rings. The minimum Gasteiger partial charge on any atom is -0.494 e. The lowest BCUT2D eigenvalue weighted by Crippen LogP contribution is -2.30. The summed E-state index contributed by atoms with van der Waals surface area (Å²) in [6.45, 7) is 5.71. The van der Waals surface area contributed by atoms with E-state index in [4.69, 9.17) is 13.9 Å². The fraction of sp³-hybridized carbons (Fsp3) is 0.208. The number of anilines is 1. The van der Waals surface area contributed by atoms with Gasteiger partial charge in [0.05, 0.1) is 12.3 Å². The molecule has 0 radical (unpaired) electrons. The maximum atomic E-state index is 12.7. The molecule has 7 nitrogen and oxygen atoms in total. The van der Waals surface area contributed by atoms with Crippen molar-refractivity contribution in [1.82, 2.24) is 4.98 Å². The number of carbonyl (C=O) groups excluding carboxylic acids is 2. The number of aromatic nitrogens is 1. The van der Waals surface area contributed by atoms with E-state index in [-0.39, 0.29) is 5.76 Å². The smallest absolute Gasteiger partial charge is 0.375 e. The Hall–Kier alpha value is -3.65. The largest absolute Gasteiger partial charge is 0.494 e. The average molecular weight is 451 g/mol. The van der Waals surface area contributed by atoms with E-state index in [1.54, 1.807) is 19.1 Å². The van der Waals surface area contributed by atoms with E-state index in [0.717, 1.165) is 16.6 Å². The second-order valence-corrected chi connectivity index (χ2v) is 7.95. The number of fused-ring (bicyclic) bond motifs is 1. The average Bonchev–Trinajstić information content (AvgIpc) is 3.39. The van der Waals surface area contributed by atoms with E-state index in [2.05, 4.69) is 10.3 Å². The minimum absolute atomic E-state index is 0.0638. The topological polar surface area (TPSA) is 90.7 Å². The third kappa shape index (κ3) is 4.50. The summed E-state index contributed by atoms with van der Waals surface area (Å²) in [6.07, 6.45) is -1.03. The molecule has 1 atom stereocenters. The molecule has 2 heterocycles. The number of carbonyl (C=O) groups is 2. The predicted octanol–water partition coefficient (Wildman–Crippen LogP) is 5.45. The molecule has 1 unspecified atom stereocenters. The van der Waals surface area contributed by atoms with Gasteiger partial charge < -0.3 is 13.9 Å². The van der Waals surface area contributed by atoms with Crippen LogP contribution in [0.5, 0.6) is 5.75 Å². The predicted molar refractivity (Wildman–Crippen MR) is 123 cm³/mol. The SMILES string of the molecule is CCOc1ccc2oc(C(=O)OC(C)C(=O)Nc3nc(-c4ccccc4)cs3)c(C)c2c1. The third-order valence-corrected chi connectivity index (χ3v) is 5.62. The van der Waals surface area contributed by atoms with Gasteiger partial charge >= 0.3 is 5.97 Å². The number of hydrogen-bond acceptors (Lipinski definition) is 7. The number of aryl methyl sites for hydroxylation is 1. The van der Waals surface area contributed by atoms with E-state index in [1.807, 2.05) is 48.7 Å². The summed E-state index contributed by atoms with van der Waals surface area (Å²) >= 11 is 1.30. The summed E-state index contributed by atoms with van der Waals surface area (Å²) in [6, 6.07) is 15.0. The van der Waals surface area contributed by atoms with Crippen molar-refractivity contribution in [1.29, 1.82) is 0 Å². The van der Waals surface area contributed by atoms with Gasteiger partial charge in [0.2, 0.25) is 5.76 Å². The van der Waals surface area contributed by atoms with Crippen LogP contribution in [0.25, 0.3) is 22.2 Å². The van der Waals surface area contributed by atoms with Crippen LogP contribution in [0.2, 0.25) is 0 Å². The number of hydrogen-bond donors (Lipinski definition) is 1. The van der Waals surface area contributed by atoms with Gasteiger partial charge in [-0.2, -0.15) is 0 Å². The van der Waals surface area contributed by atoms with Crippen LogP contribution >= 0.6 is 11.3 Å². The summed E-state index contributed by atoms with van der Waals surface area (Å²) in [4.78, 5) is 29.6. The second-order valence-electron chi connectivity index (χ2n) is 7.09. The molecule has 0 saturated heterocycles. The molecule has 0 saturated carbocycles. The van der Waals surface area contributed by atoms with Gasteiger partial charge in [-0.05, 0) is 39.0 Å². The van der Waals surface area contributed by atoms with Gasteiger partial charge in [-0.3, -0.25) is 10.1 Å². The molecule has 2 aromatic carbocycles. The van der Waals surface area contributed by atoms with E-state index < -0.39 is 18.0 Å². The Kier molecular flexibility index (Phi) is 6.23. The maximum absolute atomic E-state index is 12.7. The van der Waals surface area contributed by atoms with Crippen molar-refractivity contribution in [3.8, 4) is 17.0 Å². The summed E-state index contributed by atoms with van der Waals surface area (Å²) in [7, 11) is 0. The Morgan fingerprint density at radius 1 is 1.19 bits per heavy atom. The Bertz CT molecular complexity index is 1260. The number of amides is 1. The highest BCUT2D eigenvalue weighted by Crippen LogP contribution is 2.30. The number of thiazole rings is 1. The molecule has 4 aromatic rings. The number of nitrogens with zero attached hydrogens (tertiary/aromatic N) is 1. The maximum Gasteiger partial charge on any atom is 0.375 e. The number of nitrogens with one attached hydrogen (secondary N) is 1. The van der Waals surface area contributed by atoms with Gasteiger partial charge in [-0.1, -0.05) is 30.3 Å². The summed E-state index contributed by atoms with van der Waals surface area (Å²) in [5.41, 5.74) is 2.90. The van der Waals surface area contributed by atoms with Crippen LogP contribution in [0.3, 0.4) is 0 Å². The Labute approximate surface area is 189 Å². The number of furan rings is 1. The van der Waals surface area contributed by atoms with E-state index >= 15 is 0 Å². The summed E-state index contributed by atoms with van der Waals surface area (Å²) < 4.78 is 16.5. The van der Waals surface area contributed by atoms with Crippen molar-refractivity contribution in [3.63, 3.8) is 0 Å². The molecule has 4 rings (SSSR count). The van der Waals surface area contributed by atoms with Crippen molar-refractivity contribution in [3.05, 3.63) is 65.2 Å². The fourth-order valence-corrected chi connectivity index (χ4v) is 3.92. The molecule has 0 aliphatic carbocycles. The minimum atomic E-state index is -1.03. The number of ether oxygens (including phenoxy) is 2. The highest BCUT2D eigenvalue weighted by molar-refractivity contribution is 7.14. The molecule has 0 aliphatic heterocycles. The first-order valence-electron chi connectivity index (χ1n) is 10.1. The number of esters is 1. The zero-order valence-electron chi connectivity index (χ0n) is 17.9. The van der Waals surface area contributed by atoms with E-state index in [0.29, 0.717) is 28.6 Å². The molecule has 32 heavy (non-hydrogen) atoms. The molecule has 8 heteroatoms. The molecule has 2 aromatic heterocycles. The van der Waals surface area contributed by atoms with Crippen LogP contribution in [0, 0.1) is 6.92 Å². The molecule has 0 bridgehead atoms. The Balaban J connectivity index is 1.43. The van der Waals surface area contributed by atoms with Gasteiger partial charge in [0, 0.05) is 21.9 Å². The highest BCUT2D eigenvalue weighted by atomic mass is 32.1. The monoisotopic (exact) mass is 450 g/mol. The van der Waals surface area contributed by atoms with Crippen LogP contribution < -0.4 is 10.1 Å². The molecule has 164 valence electrons. The second kappa shape index (κ2) is 9.23. The first-order chi connectivity index (χ1) is 15.5. The van der Waals surface area contributed by atoms with Crippen molar-refractivity contribution in [2.45, 2.75) is 26.9 Å². The molecule has 0 fully saturated rings. The van der Waals surface area contributed by atoms with Crippen molar-refractivity contribution < 1.29 is 23.5 Å². The summed E-state index contributed by atoms with van der Waals surface area (Å²) in [5, 5.41) is 5.74. The molecular formula is C24H22N2O5S. The first kappa shape index (κ1) is 21.6. The lowest BCUT2D eigenvalue weighted by molar-refractivity contribution is -0.123. The normalized spacial score (nSPS) is 11.8. The standard InChI is InChI=1S/C24H22N2O5S/c1-4-29-17-10-11-20-18(12-17)14(2)21(31-20)23(28)30-15(3)22(27)26-24-25-19(13-32-24)16-8-6-5-7-9-16/h5-13,15H,4H2,1-3H3,(H,25,26,27).